The van der Waals surface area contributed by atoms with Crippen LogP contribution in [0.3, 0.4) is 0 Å². The molecule has 6 atom stereocenters. The van der Waals surface area contributed by atoms with E-state index in [1.54, 1.807) is 19.1 Å². The average molecular weight is 721 g/mol. The van der Waals surface area contributed by atoms with Gasteiger partial charge in [0.25, 0.3) is 11.8 Å². The standard InChI is InChI=1S/C33H26Cl2F4N4O6/c1-32-19(29(46)42(31(32)48)14-3-8-22(36)21(35)11-14)12-18-16(26(32)23-9-4-15(13-44)49-23)5-6-17-25(18)30(47)43(28(17)45)41(2)27-20(34)7-10-24(40-27)33(37,38)39/h3-5,7-11,17-19,25-26,44H,6,12-13H2,1-2H3/t17-,18+,19-,25-,26+,32+/m0/s1. The van der Waals surface area contributed by atoms with Gasteiger partial charge in [-0.2, -0.15) is 18.2 Å². The molecule has 2 aliphatic heterocycles. The summed E-state index contributed by atoms with van der Waals surface area (Å²) < 4.78 is 60.6. The minimum Gasteiger partial charge on any atom is -0.463 e. The summed E-state index contributed by atoms with van der Waals surface area (Å²) in [4.78, 5) is 61.2. The number of pyridine rings is 1. The Bertz CT molecular complexity index is 1980. The molecule has 256 valence electrons. The maximum Gasteiger partial charge on any atom is 0.433 e. The fourth-order valence-corrected chi connectivity index (χ4v) is 8.41. The van der Waals surface area contributed by atoms with Crippen molar-refractivity contribution in [2.75, 3.05) is 17.0 Å². The van der Waals surface area contributed by atoms with Gasteiger partial charge in [-0.25, -0.2) is 14.3 Å². The first kappa shape index (κ1) is 33.2. The van der Waals surface area contributed by atoms with Gasteiger partial charge < -0.3 is 9.52 Å². The third-order valence-corrected chi connectivity index (χ3v) is 10.8. The average Bonchev–Trinajstić information content (AvgIpc) is 3.68. The molecule has 49 heavy (non-hydrogen) atoms. The maximum absolute atomic E-state index is 14.4. The number of carbonyl (C=O) groups is 4. The van der Waals surface area contributed by atoms with Gasteiger partial charge in [-0.3, -0.25) is 24.2 Å². The zero-order valence-electron chi connectivity index (χ0n) is 25.7. The molecule has 1 saturated carbocycles. The van der Waals surface area contributed by atoms with Crippen molar-refractivity contribution < 1.29 is 46.3 Å². The van der Waals surface area contributed by atoms with Crippen LogP contribution in [0.5, 0.6) is 0 Å². The van der Waals surface area contributed by atoms with Crippen LogP contribution < -0.4 is 9.91 Å². The summed E-state index contributed by atoms with van der Waals surface area (Å²) >= 11 is 12.2. The van der Waals surface area contributed by atoms with Crippen LogP contribution in [-0.2, 0) is 32.0 Å². The number of hydrogen-bond donors (Lipinski definition) is 1. The number of anilines is 2. The van der Waals surface area contributed by atoms with E-state index in [2.05, 4.69) is 4.98 Å². The molecule has 10 nitrogen and oxygen atoms in total. The Hall–Kier alpha value is -4.27. The first-order valence-corrected chi connectivity index (χ1v) is 15.9. The first-order chi connectivity index (χ1) is 23.1. The number of aromatic nitrogens is 1. The van der Waals surface area contributed by atoms with E-state index in [1.165, 1.54) is 25.2 Å². The van der Waals surface area contributed by atoms with Gasteiger partial charge in [-0.15, -0.1) is 0 Å². The molecule has 2 aromatic heterocycles. The van der Waals surface area contributed by atoms with Gasteiger partial charge in [0.1, 0.15) is 29.6 Å². The third kappa shape index (κ3) is 4.82. The molecular formula is C33H26Cl2F4N4O6. The Morgan fingerprint density at radius 3 is 2.41 bits per heavy atom. The second-order valence-electron chi connectivity index (χ2n) is 12.7. The molecule has 4 amide bonds. The molecule has 1 N–H and O–H groups in total. The Morgan fingerprint density at radius 2 is 1.76 bits per heavy atom. The lowest BCUT2D eigenvalue weighted by Crippen LogP contribution is -2.49. The number of hydrogen-bond acceptors (Lipinski definition) is 8. The van der Waals surface area contributed by atoms with Gasteiger partial charge >= 0.3 is 6.18 Å². The van der Waals surface area contributed by atoms with E-state index in [9.17, 15) is 41.8 Å². The summed E-state index contributed by atoms with van der Waals surface area (Å²) in [7, 11) is 1.21. The molecule has 0 unspecified atom stereocenters. The maximum atomic E-state index is 14.4. The van der Waals surface area contributed by atoms with Gasteiger partial charge in [0.2, 0.25) is 11.8 Å². The third-order valence-electron chi connectivity index (χ3n) is 10.3. The van der Waals surface area contributed by atoms with Crippen molar-refractivity contribution >= 4 is 58.3 Å². The monoisotopic (exact) mass is 720 g/mol. The molecule has 3 fully saturated rings. The highest BCUT2D eigenvalue weighted by molar-refractivity contribution is 6.33. The molecule has 1 aromatic carbocycles. The number of amides is 4. The number of aliphatic hydroxyl groups excluding tert-OH is 1. The molecule has 4 heterocycles. The molecule has 0 spiro atoms. The first-order valence-electron chi connectivity index (χ1n) is 15.2. The number of alkyl halides is 3. The van der Waals surface area contributed by atoms with Crippen LogP contribution in [0.1, 0.15) is 42.9 Å². The fourth-order valence-electron chi connectivity index (χ4n) is 8.01. The number of carbonyl (C=O) groups excluding carboxylic acids is 4. The number of benzene rings is 1. The molecular weight excluding hydrogens is 695 g/mol. The Labute approximate surface area is 285 Å². The second kappa shape index (κ2) is 11.4. The molecule has 16 heteroatoms. The summed E-state index contributed by atoms with van der Waals surface area (Å²) in [6, 6.07) is 8.21. The minimum atomic E-state index is -4.82. The molecule has 0 bridgehead atoms. The molecule has 3 aromatic rings. The highest BCUT2D eigenvalue weighted by Crippen LogP contribution is 2.64. The fraction of sp³-hybridized carbons (Fsp3) is 0.364. The van der Waals surface area contributed by atoms with Crippen molar-refractivity contribution in [2.24, 2.45) is 29.1 Å². The van der Waals surface area contributed by atoms with Crippen molar-refractivity contribution in [2.45, 2.75) is 38.5 Å². The van der Waals surface area contributed by atoms with Crippen LogP contribution in [0.2, 0.25) is 10.0 Å². The summed E-state index contributed by atoms with van der Waals surface area (Å²) in [6.07, 6.45) is -3.07. The SMILES string of the molecule is CN(c1nc(C(F)(F)F)ccc1Cl)N1C(=O)[C@H]2[C@H](CC=C3[C@H]2C[C@H]2C(=O)N(c4ccc(F)c(Cl)c4)C(=O)[C@@]2(C)[C@H]3c2ccc(CO)o2)C1=O. The largest absolute Gasteiger partial charge is 0.463 e. The lowest BCUT2D eigenvalue weighted by atomic mass is 9.52. The predicted molar refractivity (Wildman–Crippen MR) is 165 cm³/mol. The van der Waals surface area contributed by atoms with Crippen molar-refractivity contribution in [1.82, 2.24) is 9.99 Å². The number of rotatable bonds is 5. The van der Waals surface area contributed by atoms with Crippen molar-refractivity contribution in [3.05, 3.63) is 87.2 Å². The smallest absolute Gasteiger partial charge is 0.433 e. The van der Waals surface area contributed by atoms with Crippen LogP contribution >= 0.6 is 23.2 Å². The van der Waals surface area contributed by atoms with Crippen molar-refractivity contribution in [1.29, 1.82) is 0 Å². The van der Waals surface area contributed by atoms with Crippen LogP contribution in [0.15, 0.2) is 58.5 Å². The number of fused-ring (bicyclic) bond motifs is 4. The van der Waals surface area contributed by atoms with Crippen molar-refractivity contribution in [3.63, 3.8) is 0 Å². The Kier molecular flexibility index (Phi) is 7.73. The zero-order chi connectivity index (χ0) is 35.3. The van der Waals surface area contributed by atoms with E-state index >= 15 is 0 Å². The van der Waals surface area contributed by atoms with E-state index in [0.29, 0.717) is 11.6 Å². The van der Waals surface area contributed by atoms with E-state index in [-0.39, 0.29) is 40.1 Å². The van der Waals surface area contributed by atoms with E-state index in [4.69, 9.17) is 27.6 Å². The Morgan fingerprint density at radius 1 is 1.02 bits per heavy atom. The molecule has 0 radical (unpaired) electrons. The number of nitrogens with zero attached hydrogens (tertiary/aromatic N) is 4. The second-order valence-corrected chi connectivity index (χ2v) is 13.5. The van der Waals surface area contributed by atoms with Crippen LogP contribution in [-0.4, -0.2) is 45.8 Å². The van der Waals surface area contributed by atoms with Gasteiger partial charge in [0.15, 0.2) is 5.82 Å². The topological polar surface area (TPSA) is 124 Å². The summed E-state index contributed by atoms with van der Waals surface area (Å²) in [5.74, 6) is -8.19. The number of halogens is 6. The van der Waals surface area contributed by atoms with Gasteiger partial charge in [0, 0.05) is 7.05 Å². The molecule has 7 rings (SSSR count). The normalized spacial score (nSPS) is 28.1. The molecule has 2 aliphatic carbocycles. The number of furan rings is 1. The highest BCUT2D eigenvalue weighted by atomic mass is 35.5. The van der Waals surface area contributed by atoms with E-state index < -0.39 is 88.7 Å². The highest BCUT2D eigenvalue weighted by Gasteiger charge is 2.68. The van der Waals surface area contributed by atoms with Crippen LogP contribution in [0, 0.1) is 34.9 Å². The lowest BCUT2D eigenvalue weighted by molar-refractivity contribution is -0.141. The van der Waals surface area contributed by atoms with Crippen LogP contribution in [0.25, 0.3) is 0 Å². The van der Waals surface area contributed by atoms with E-state index in [0.717, 1.165) is 27.1 Å². The number of hydrazine groups is 1. The summed E-state index contributed by atoms with van der Waals surface area (Å²) in [5, 5.41) is 10.9. The van der Waals surface area contributed by atoms with Gasteiger partial charge in [0.05, 0.1) is 44.8 Å². The summed E-state index contributed by atoms with van der Waals surface area (Å²) in [5.41, 5.74) is -2.13. The van der Waals surface area contributed by atoms with Gasteiger partial charge in [-0.05, 0) is 68.1 Å². The molecule has 4 aliphatic rings. The quantitative estimate of drug-likeness (QED) is 0.196. The Balaban J connectivity index is 1.31. The van der Waals surface area contributed by atoms with Gasteiger partial charge in [-0.1, -0.05) is 34.9 Å². The number of allylic oxidation sites excluding steroid dienone is 2. The summed E-state index contributed by atoms with van der Waals surface area (Å²) in [6.45, 7) is 1.16. The lowest BCUT2D eigenvalue weighted by Gasteiger charge is -2.48. The predicted octanol–water partition coefficient (Wildman–Crippen LogP) is 5.91. The zero-order valence-corrected chi connectivity index (χ0v) is 27.2. The molecule has 2 saturated heterocycles. The number of aliphatic hydroxyl groups is 1. The van der Waals surface area contributed by atoms with Crippen LogP contribution in [0.4, 0.5) is 29.1 Å². The van der Waals surface area contributed by atoms with Crippen molar-refractivity contribution in [3.8, 4) is 0 Å². The number of imide groups is 2. The van der Waals surface area contributed by atoms with E-state index in [1.807, 2.05) is 0 Å². The minimum absolute atomic E-state index is 0.0390.